The van der Waals surface area contributed by atoms with Gasteiger partial charge in [-0.25, -0.2) is 4.68 Å². The average molecular weight is 349 g/mol. The lowest BCUT2D eigenvalue weighted by atomic mass is 10.1. The van der Waals surface area contributed by atoms with Gasteiger partial charge in [-0.15, -0.1) is 5.10 Å². The van der Waals surface area contributed by atoms with Gasteiger partial charge in [-0.3, -0.25) is 4.79 Å². The number of para-hydroxylation sites is 2. The van der Waals surface area contributed by atoms with Gasteiger partial charge in [0.2, 0.25) is 0 Å². The zero-order valence-electron chi connectivity index (χ0n) is 15.0. The molecule has 6 nitrogen and oxygen atoms in total. The molecule has 1 N–H and O–H groups in total. The van der Waals surface area contributed by atoms with Crippen LogP contribution in [0.5, 0.6) is 0 Å². The molecule has 1 aliphatic rings. The quantitative estimate of drug-likeness (QED) is 0.780. The topological polar surface area (TPSA) is 63.1 Å². The molecule has 3 aromatic rings. The maximum atomic E-state index is 12.8. The van der Waals surface area contributed by atoms with Gasteiger partial charge in [-0.05, 0) is 56.5 Å². The molecule has 0 radical (unpaired) electrons. The summed E-state index contributed by atoms with van der Waals surface area (Å²) in [6.07, 6.45) is 3.68. The third kappa shape index (κ3) is 3.14. The molecule has 1 amide bonds. The van der Waals surface area contributed by atoms with Crippen LogP contribution in [0.3, 0.4) is 0 Å². The Morgan fingerprint density at radius 1 is 1.12 bits per heavy atom. The van der Waals surface area contributed by atoms with Gasteiger partial charge in [0.1, 0.15) is 5.52 Å². The van der Waals surface area contributed by atoms with Crippen molar-refractivity contribution in [3.63, 3.8) is 0 Å². The van der Waals surface area contributed by atoms with Crippen LogP contribution >= 0.6 is 0 Å². The summed E-state index contributed by atoms with van der Waals surface area (Å²) >= 11 is 0. The molecule has 2 aromatic carbocycles. The maximum Gasteiger partial charge on any atom is 0.255 e. The van der Waals surface area contributed by atoms with Crippen molar-refractivity contribution in [2.45, 2.75) is 32.7 Å². The minimum Gasteiger partial charge on any atom is -0.370 e. The molecule has 2 heterocycles. The standard InChI is InChI=1S/C20H23N5O/c1-2-25-19-11-10-15(14-17(19)22-23-25)20(26)21-16-8-4-5-9-18(16)24-12-6-3-7-13-24/h4-5,8-11,14H,2-3,6-7,12-13H2,1H3,(H,21,26). The summed E-state index contributed by atoms with van der Waals surface area (Å²) in [7, 11) is 0. The molecule has 0 bridgehead atoms. The van der Waals surface area contributed by atoms with Crippen LogP contribution in [0.15, 0.2) is 42.5 Å². The first-order valence-corrected chi connectivity index (χ1v) is 9.25. The first kappa shape index (κ1) is 16.6. The van der Waals surface area contributed by atoms with E-state index in [1.165, 1.54) is 19.3 Å². The van der Waals surface area contributed by atoms with Gasteiger partial charge in [0.15, 0.2) is 0 Å². The number of amides is 1. The Bertz CT molecular complexity index is 927. The Hall–Kier alpha value is -2.89. The molecule has 1 aromatic heterocycles. The summed E-state index contributed by atoms with van der Waals surface area (Å²) in [5.74, 6) is -0.123. The molecular weight excluding hydrogens is 326 g/mol. The van der Waals surface area contributed by atoms with Crippen molar-refractivity contribution in [1.29, 1.82) is 0 Å². The fourth-order valence-electron chi connectivity index (χ4n) is 3.53. The van der Waals surface area contributed by atoms with E-state index >= 15 is 0 Å². The van der Waals surface area contributed by atoms with Crippen molar-refractivity contribution in [2.75, 3.05) is 23.3 Å². The first-order chi connectivity index (χ1) is 12.8. The highest BCUT2D eigenvalue weighted by Crippen LogP contribution is 2.28. The fourth-order valence-corrected chi connectivity index (χ4v) is 3.53. The summed E-state index contributed by atoms with van der Waals surface area (Å²) in [5, 5.41) is 11.3. The van der Waals surface area contributed by atoms with E-state index in [4.69, 9.17) is 0 Å². The summed E-state index contributed by atoms with van der Waals surface area (Å²) in [6, 6.07) is 13.6. The Kier molecular flexibility index (Phi) is 4.56. The Morgan fingerprint density at radius 2 is 1.92 bits per heavy atom. The Labute approximate surface area is 152 Å². The van der Waals surface area contributed by atoms with E-state index < -0.39 is 0 Å². The highest BCUT2D eigenvalue weighted by Gasteiger charge is 2.16. The van der Waals surface area contributed by atoms with Crippen molar-refractivity contribution in [3.05, 3.63) is 48.0 Å². The number of nitrogens with zero attached hydrogens (tertiary/aromatic N) is 4. The van der Waals surface area contributed by atoms with E-state index in [1.54, 1.807) is 6.07 Å². The highest BCUT2D eigenvalue weighted by molar-refractivity contribution is 6.07. The van der Waals surface area contributed by atoms with Gasteiger partial charge in [0.25, 0.3) is 5.91 Å². The van der Waals surface area contributed by atoms with E-state index in [9.17, 15) is 4.79 Å². The van der Waals surface area contributed by atoms with Crippen LogP contribution in [-0.4, -0.2) is 34.0 Å². The number of piperidine rings is 1. The molecule has 134 valence electrons. The zero-order valence-corrected chi connectivity index (χ0v) is 15.0. The second-order valence-electron chi connectivity index (χ2n) is 6.63. The maximum absolute atomic E-state index is 12.8. The number of rotatable bonds is 4. The second-order valence-corrected chi connectivity index (χ2v) is 6.63. The van der Waals surface area contributed by atoms with Gasteiger partial charge in [0, 0.05) is 25.2 Å². The molecule has 0 aliphatic carbocycles. The largest absolute Gasteiger partial charge is 0.370 e. The zero-order chi connectivity index (χ0) is 17.9. The molecule has 26 heavy (non-hydrogen) atoms. The number of aryl methyl sites for hydroxylation is 1. The van der Waals surface area contributed by atoms with E-state index in [-0.39, 0.29) is 5.91 Å². The number of nitrogens with one attached hydrogen (secondary N) is 1. The third-order valence-corrected chi connectivity index (χ3v) is 4.92. The molecule has 0 unspecified atom stereocenters. The van der Waals surface area contributed by atoms with Crippen molar-refractivity contribution >= 4 is 28.3 Å². The van der Waals surface area contributed by atoms with Crippen LogP contribution in [0, 0.1) is 0 Å². The highest BCUT2D eigenvalue weighted by atomic mass is 16.1. The summed E-state index contributed by atoms with van der Waals surface area (Å²) in [4.78, 5) is 15.1. The third-order valence-electron chi connectivity index (χ3n) is 4.92. The Balaban J connectivity index is 1.58. The van der Waals surface area contributed by atoms with E-state index in [1.807, 2.05) is 41.9 Å². The van der Waals surface area contributed by atoms with E-state index in [0.717, 1.165) is 42.0 Å². The van der Waals surface area contributed by atoms with Crippen molar-refractivity contribution in [3.8, 4) is 0 Å². The van der Waals surface area contributed by atoms with Crippen molar-refractivity contribution in [2.24, 2.45) is 0 Å². The van der Waals surface area contributed by atoms with Gasteiger partial charge >= 0.3 is 0 Å². The van der Waals surface area contributed by atoms with Crippen LogP contribution < -0.4 is 10.2 Å². The van der Waals surface area contributed by atoms with Crippen LogP contribution in [0.2, 0.25) is 0 Å². The number of hydrogen-bond acceptors (Lipinski definition) is 4. The van der Waals surface area contributed by atoms with Crippen LogP contribution in [0.4, 0.5) is 11.4 Å². The molecule has 0 atom stereocenters. The van der Waals surface area contributed by atoms with Crippen molar-refractivity contribution in [1.82, 2.24) is 15.0 Å². The predicted molar refractivity (Wildman–Crippen MR) is 104 cm³/mol. The van der Waals surface area contributed by atoms with Gasteiger partial charge in [-0.1, -0.05) is 17.3 Å². The number of aromatic nitrogens is 3. The molecule has 1 saturated heterocycles. The molecular formula is C20H23N5O. The number of carbonyl (C=O) groups excluding carboxylic acids is 1. The van der Waals surface area contributed by atoms with Crippen LogP contribution in [0.25, 0.3) is 11.0 Å². The van der Waals surface area contributed by atoms with Crippen LogP contribution in [-0.2, 0) is 6.54 Å². The number of anilines is 2. The average Bonchev–Trinajstić information content (AvgIpc) is 3.11. The molecule has 4 rings (SSSR count). The summed E-state index contributed by atoms with van der Waals surface area (Å²) in [5.41, 5.74) is 4.23. The normalized spacial score (nSPS) is 14.6. The first-order valence-electron chi connectivity index (χ1n) is 9.25. The molecule has 1 aliphatic heterocycles. The molecule has 0 spiro atoms. The SMILES string of the molecule is CCn1nnc2cc(C(=O)Nc3ccccc3N3CCCCC3)ccc21. The lowest BCUT2D eigenvalue weighted by Crippen LogP contribution is -2.30. The Morgan fingerprint density at radius 3 is 2.73 bits per heavy atom. The molecule has 1 fully saturated rings. The monoisotopic (exact) mass is 349 g/mol. The van der Waals surface area contributed by atoms with E-state index in [2.05, 4.69) is 26.6 Å². The predicted octanol–water partition coefficient (Wildman–Crippen LogP) is 3.69. The van der Waals surface area contributed by atoms with Gasteiger partial charge in [-0.2, -0.15) is 0 Å². The number of hydrogen-bond donors (Lipinski definition) is 1. The fraction of sp³-hybridized carbons (Fsp3) is 0.350. The minimum absolute atomic E-state index is 0.123. The number of benzene rings is 2. The molecule has 6 heteroatoms. The lowest BCUT2D eigenvalue weighted by Gasteiger charge is -2.30. The van der Waals surface area contributed by atoms with Crippen molar-refractivity contribution < 1.29 is 4.79 Å². The summed E-state index contributed by atoms with van der Waals surface area (Å²) < 4.78 is 1.82. The smallest absolute Gasteiger partial charge is 0.255 e. The number of carbonyl (C=O) groups is 1. The van der Waals surface area contributed by atoms with Crippen LogP contribution in [0.1, 0.15) is 36.5 Å². The lowest BCUT2D eigenvalue weighted by molar-refractivity contribution is 0.102. The summed E-state index contributed by atoms with van der Waals surface area (Å²) in [6.45, 7) is 4.86. The van der Waals surface area contributed by atoms with Gasteiger partial charge in [0.05, 0.1) is 16.9 Å². The second kappa shape index (κ2) is 7.15. The number of fused-ring (bicyclic) bond motifs is 1. The minimum atomic E-state index is -0.123. The van der Waals surface area contributed by atoms with Gasteiger partial charge < -0.3 is 10.2 Å². The molecule has 0 saturated carbocycles. The van der Waals surface area contributed by atoms with E-state index in [0.29, 0.717) is 5.56 Å².